The Labute approximate surface area is 208 Å². The second kappa shape index (κ2) is 11.4. The molecule has 2 N–H and O–H groups in total. The van der Waals surface area contributed by atoms with Crippen molar-refractivity contribution in [2.24, 2.45) is 0 Å². The van der Waals surface area contributed by atoms with Crippen LogP contribution in [0.3, 0.4) is 0 Å². The molecule has 1 atom stereocenters. The Morgan fingerprint density at radius 3 is 2.29 bits per heavy atom. The van der Waals surface area contributed by atoms with E-state index in [-0.39, 0.29) is 29.2 Å². The molecule has 0 radical (unpaired) electrons. The topological polar surface area (TPSA) is 95.6 Å². The summed E-state index contributed by atoms with van der Waals surface area (Å²) in [7, 11) is -3.85. The van der Waals surface area contributed by atoms with Gasteiger partial charge in [0, 0.05) is 31.6 Å². The third-order valence-corrected chi connectivity index (χ3v) is 8.92. The van der Waals surface area contributed by atoms with Gasteiger partial charge in [-0.05, 0) is 54.7 Å². The predicted octanol–water partition coefficient (Wildman–Crippen LogP) is 4.55. The lowest BCUT2D eigenvalue weighted by molar-refractivity contribution is -0.123. The van der Waals surface area contributed by atoms with Crippen LogP contribution in [0.5, 0.6) is 0 Å². The Kier molecular flexibility index (Phi) is 8.23. The highest BCUT2D eigenvalue weighted by atomic mass is 32.2. The minimum absolute atomic E-state index is 0.0940. The van der Waals surface area contributed by atoms with Crippen molar-refractivity contribution >= 4 is 27.5 Å². The number of anilines is 1. The summed E-state index contributed by atoms with van der Waals surface area (Å²) in [4.78, 5) is 24.6. The van der Waals surface area contributed by atoms with Crippen molar-refractivity contribution in [3.05, 3.63) is 59.7 Å². The van der Waals surface area contributed by atoms with Crippen molar-refractivity contribution in [2.75, 3.05) is 11.9 Å². The van der Waals surface area contributed by atoms with Crippen LogP contribution in [-0.2, 0) is 26.0 Å². The second-order valence-corrected chi connectivity index (χ2v) is 11.5. The molecule has 4 rings (SSSR count). The summed E-state index contributed by atoms with van der Waals surface area (Å²) < 4.78 is 28.9. The standard InChI is InChI=1S/C27H35N3O4S/c1-20(31)28-23-13-15-24(16-14-23)35(33,34)30-18-17-21-9-7-8-12-25(21)26(30)19-27(32)29-22-10-5-3-2-4-6-11-22/h7-9,12-16,22,26H,2-6,10-11,17-19H2,1H3,(H,28,31)(H,29,32). The first kappa shape index (κ1) is 25.4. The van der Waals surface area contributed by atoms with Gasteiger partial charge in [0.1, 0.15) is 0 Å². The molecule has 0 spiro atoms. The highest BCUT2D eigenvalue weighted by Crippen LogP contribution is 2.36. The van der Waals surface area contributed by atoms with Crippen molar-refractivity contribution in [1.82, 2.24) is 9.62 Å². The summed E-state index contributed by atoms with van der Waals surface area (Å²) >= 11 is 0. The monoisotopic (exact) mass is 497 g/mol. The number of hydrogen-bond donors (Lipinski definition) is 2. The highest BCUT2D eigenvalue weighted by Gasteiger charge is 2.37. The largest absolute Gasteiger partial charge is 0.353 e. The van der Waals surface area contributed by atoms with Crippen LogP contribution in [0.2, 0.25) is 0 Å². The molecular formula is C27H35N3O4S. The number of sulfonamides is 1. The molecule has 2 amide bonds. The molecule has 2 aliphatic rings. The van der Waals surface area contributed by atoms with Gasteiger partial charge in [0.2, 0.25) is 21.8 Å². The van der Waals surface area contributed by atoms with Gasteiger partial charge in [-0.25, -0.2) is 8.42 Å². The van der Waals surface area contributed by atoms with Crippen molar-refractivity contribution in [3.63, 3.8) is 0 Å². The molecule has 0 bridgehead atoms. The SMILES string of the molecule is CC(=O)Nc1ccc(S(=O)(=O)N2CCc3ccccc3C2CC(=O)NC2CCCCCCC2)cc1. The van der Waals surface area contributed by atoms with E-state index in [4.69, 9.17) is 0 Å². The number of nitrogens with one attached hydrogen (secondary N) is 2. The van der Waals surface area contributed by atoms with Crippen LogP contribution in [0.1, 0.15) is 75.5 Å². The maximum absolute atomic E-state index is 13.7. The molecule has 35 heavy (non-hydrogen) atoms. The van der Waals surface area contributed by atoms with Crippen LogP contribution < -0.4 is 10.6 Å². The fourth-order valence-corrected chi connectivity index (χ4v) is 6.85. The third-order valence-electron chi connectivity index (χ3n) is 6.99. The van der Waals surface area contributed by atoms with Gasteiger partial charge in [-0.15, -0.1) is 0 Å². The van der Waals surface area contributed by atoms with E-state index in [9.17, 15) is 18.0 Å². The van der Waals surface area contributed by atoms with Gasteiger partial charge in [-0.2, -0.15) is 4.31 Å². The Morgan fingerprint density at radius 1 is 0.943 bits per heavy atom. The third kappa shape index (κ3) is 6.30. The first-order chi connectivity index (χ1) is 16.8. The fraction of sp³-hybridized carbons (Fsp3) is 0.481. The summed E-state index contributed by atoms with van der Waals surface area (Å²) in [6.07, 6.45) is 8.56. The van der Waals surface area contributed by atoms with Crippen molar-refractivity contribution < 1.29 is 18.0 Å². The molecule has 0 aromatic heterocycles. The summed E-state index contributed by atoms with van der Waals surface area (Å²) in [6, 6.07) is 13.6. The number of fused-ring (bicyclic) bond motifs is 1. The van der Waals surface area contributed by atoms with Crippen LogP contribution in [0.15, 0.2) is 53.4 Å². The molecule has 1 aliphatic carbocycles. The van der Waals surface area contributed by atoms with E-state index in [2.05, 4.69) is 10.6 Å². The molecular weight excluding hydrogens is 462 g/mol. The second-order valence-electron chi connectivity index (χ2n) is 9.60. The molecule has 1 unspecified atom stereocenters. The molecule has 2 aromatic carbocycles. The average Bonchev–Trinajstić information content (AvgIpc) is 2.81. The molecule has 1 aliphatic heterocycles. The quantitative estimate of drug-likeness (QED) is 0.612. The summed E-state index contributed by atoms with van der Waals surface area (Å²) in [5, 5.41) is 5.86. The van der Waals surface area contributed by atoms with E-state index >= 15 is 0 Å². The molecule has 0 saturated heterocycles. The maximum atomic E-state index is 13.7. The van der Waals surface area contributed by atoms with Crippen LogP contribution in [0.25, 0.3) is 0 Å². The number of nitrogens with zero attached hydrogens (tertiary/aromatic N) is 1. The minimum Gasteiger partial charge on any atom is -0.353 e. The van der Waals surface area contributed by atoms with Gasteiger partial charge < -0.3 is 10.6 Å². The number of benzene rings is 2. The fourth-order valence-electron chi connectivity index (χ4n) is 5.24. The van der Waals surface area contributed by atoms with Crippen LogP contribution >= 0.6 is 0 Å². The lowest BCUT2D eigenvalue weighted by Crippen LogP contribution is -2.43. The number of carbonyl (C=O) groups excluding carboxylic acids is 2. The number of hydrogen-bond acceptors (Lipinski definition) is 4. The Hall–Kier alpha value is -2.71. The summed E-state index contributed by atoms with van der Waals surface area (Å²) in [6.45, 7) is 1.72. The molecule has 1 fully saturated rings. The Bertz CT molecular complexity index is 1140. The van der Waals surface area contributed by atoms with Crippen LogP contribution in [0, 0.1) is 0 Å². The zero-order chi connectivity index (χ0) is 24.8. The molecule has 1 saturated carbocycles. The van der Waals surface area contributed by atoms with Crippen LogP contribution in [-0.4, -0.2) is 37.1 Å². The van der Waals surface area contributed by atoms with Crippen molar-refractivity contribution in [1.29, 1.82) is 0 Å². The van der Waals surface area contributed by atoms with E-state index in [1.165, 1.54) is 42.6 Å². The molecule has 7 nitrogen and oxygen atoms in total. The maximum Gasteiger partial charge on any atom is 0.243 e. The molecule has 188 valence electrons. The highest BCUT2D eigenvalue weighted by molar-refractivity contribution is 7.89. The lowest BCUT2D eigenvalue weighted by atomic mass is 9.92. The van der Waals surface area contributed by atoms with Crippen LogP contribution in [0.4, 0.5) is 5.69 Å². The zero-order valence-corrected chi connectivity index (χ0v) is 21.1. The van der Waals surface area contributed by atoms with E-state index in [0.29, 0.717) is 18.7 Å². The zero-order valence-electron chi connectivity index (χ0n) is 20.3. The van der Waals surface area contributed by atoms with Crippen molar-refractivity contribution in [3.8, 4) is 0 Å². The predicted molar refractivity (Wildman–Crippen MR) is 136 cm³/mol. The van der Waals surface area contributed by atoms with E-state index < -0.39 is 16.1 Å². The molecule has 1 heterocycles. The van der Waals surface area contributed by atoms with Gasteiger partial charge in [0.25, 0.3) is 0 Å². The number of carbonyl (C=O) groups is 2. The van der Waals surface area contributed by atoms with E-state index in [0.717, 1.165) is 36.8 Å². The van der Waals surface area contributed by atoms with Gasteiger partial charge >= 0.3 is 0 Å². The van der Waals surface area contributed by atoms with Gasteiger partial charge in [-0.3, -0.25) is 9.59 Å². The molecule has 2 aromatic rings. The Morgan fingerprint density at radius 2 is 1.60 bits per heavy atom. The number of amides is 2. The van der Waals surface area contributed by atoms with Gasteiger partial charge in [0.05, 0.1) is 10.9 Å². The van der Waals surface area contributed by atoms with E-state index in [1.54, 1.807) is 12.1 Å². The minimum atomic E-state index is -3.85. The first-order valence-corrected chi connectivity index (χ1v) is 14.1. The van der Waals surface area contributed by atoms with E-state index in [1.807, 2.05) is 24.3 Å². The smallest absolute Gasteiger partial charge is 0.243 e. The summed E-state index contributed by atoms with van der Waals surface area (Å²) in [5.74, 6) is -0.318. The summed E-state index contributed by atoms with van der Waals surface area (Å²) in [5.41, 5.74) is 2.52. The normalized spacial score (nSPS) is 19.7. The first-order valence-electron chi connectivity index (χ1n) is 12.6. The van der Waals surface area contributed by atoms with Gasteiger partial charge in [-0.1, -0.05) is 56.4 Å². The van der Waals surface area contributed by atoms with Gasteiger partial charge in [0.15, 0.2) is 0 Å². The Balaban J connectivity index is 1.56. The lowest BCUT2D eigenvalue weighted by Gasteiger charge is -2.36. The average molecular weight is 498 g/mol. The molecule has 8 heteroatoms. The van der Waals surface area contributed by atoms with Crippen molar-refractivity contribution in [2.45, 2.75) is 81.7 Å². The number of rotatable bonds is 6.